The quantitative estimate of drug-likeness (QED) is 0.795. The van der Waals surface area contributed by atoms with Crippen LogP contribution >= 0.6 is 11.8 Å². The molecule has 0 spiro atoms. The van der Waals surface area contributed by atoms with E-state index in [4.69, 9.17) is 5.11 Å². The van der Waals surface area contributed by atoms with Crippen LogP contribution in [0.5, 0.6) is 0 Å². The van der Waals surface area contributed by atoms with E-state index in [1.165, 1.54) is 0 Å². The minimum absolute atomic E-state index is 0.356. The predicted octanol–water partition coefficient (Wildman–Crippen LogP) is 0.961. The fraction of sp³-hybridized carbons (Fsp3) is 0.455. The first-order chi connectivity index (χ1) is 8.06. The maximum Gasteiger partial charge on any atom is 0.326 e. The summed E-state index contributed by atoms with van der Waals surface area (Å²) in [6.45, 7) is 0. The molecule has 0 saturated carbocycles. The molecule has 1 aromatic rings. The summed E-state index contributed by atoms with van der Waals surface area (Å²) < 4.78 is 1.66. The minimum Gasteiger partial charge on any atom is -0.480 e. The van der Waals surface area contributed by atoms with Crippen LogP contribution in [0.25, 0.3) is 0 Å². The van der Waals surface area contributed by atoms with Gasteiger partial charge in [0.1, 0.15) is 11.7 Å². The Kier molecular flexibility index (Phi) is 5.09. The van der Waals surface area contributed by atoms with Crippen molar-refractivity contribution in [2.75, 3.05) is 12.0 Å². The molecule has 6 heteroatoms. The van der Waals surface area contributed by atoms with Gasteiger partial charge in [-0.1, -0.05) is 0 Å². The summed E-state index contributed by atoms with van der Waals surface area (Å²) in [4.78, 5) is 22.8. The van der Waals surface area contributed by atoms with Crippen LogP contribution in [0.3, 0.4) is 0 Å². The Labute approximate surface area is 104 Å². The summed E-state index contributed by atoms with van der Waals surface area (Å²) in [6.07, 6.45) is 4.07. The number of aromatic nitrogens is 1. The van der Waals surface area contributed by atoms with Crippen LogP contribution in [0.1, 0.15) is 16.9 Å². The lowest BCUT2D eigenvalue weighted by Crippen LogP contribution is -2.41. The third kappa shape index (κ3) is 3.81. The van der Waals surface area contributed by atoms with Crippen molar-refractivity contribution in [2.24, 2.45) is 7.05 Å². The molecule has 2 N–H and O–H groups in total. The first-order valence-electron chi connectivity index (χ1n) is 5.20. The van der Waals surface area contributed by atoms with E-state index in [9.17, 15) is 9.59 Å². The zero-order chi connectivity index (χ0) is 12.8. The van der Waals surface area contributed by atoms with Crippen LogP contribution < -0.4 is 5.32 Å². The highest BCUT2D eigenvalue weighted by molar-refractivity contribution is 7.98. The molecule has 1 heterocycles. The van der Waals surface area contributed by atoms with Gasteiger partial charge in [-0.05, 0) is 30.6 Å². The summed E-state index contributed by atoms with van der Waals surface area (Å²) in [5, 5.41) is 11.5. The Morgan fingerprint density at radius 1 is 1.59 bits per heavy atom. The van der Waals surface area contributed by atoms with Crippen molar-refractivity contribution < 1.29 is 14.7 Å². The van der Waals surface area contributed by atoms with Gasteiger partial charge in [0.05, 0.1) is 0 Å². The second kappa shape index (κ2) is 6.34. The molecular formula is C11H16N2O3S. The number of rotatable bonds is 6. The van der Waals surface area contributed by atoms with Crippen molar-refractivity contribution in [1.29, 1.82) is 0 Å². The number of carboxylic acid groups (broad SMARTS) is 1. The number of carbonyl (C=O) groups is 2. The van der Waals surface area contributed by atoms with E-state index in [0.29, 0.717) is 17.9 Å². The van der Waals surface area contributed by atoms with E-state index >= 15 is 0 Å². The second-order valence-corrected chi connectivity index (χ2v) is 4.64. The molecule has 1 atom stereocenters. The van der Waals surface area contributed by atoms with Crippen molar-refractivity contribution in [3.8, 4) is 0 Å². The summed E-state index contributed by atoms with van der Waals surface area (Å²) in [5.41, 5.74) is 0.459. The molecule has 1 rings (SSSR count). The molecule has 0 aliphatic rings. The second-order valence-electron chi connectivity index (χ2n) is 3.65. The molecule has 1 aromatic heterocycles. The monoisotopic (exact) mass is 256 g/mol. The molecule has 94 valence electrons. The summed E-state index contributed by atoms with van der Waals surface area (Å²) >= 11 is 1.56. The predicted molar refractivity (Wildman–Crippen MR) is 67.3 cm³/mol. The molecule has 0 aliphatic carbocycles. The highest BCUT2D eigenvalue weighted by atomic mass is 32.2. The number of hydrogen-bond acceptors (Lipinski definition) is 3. The zero-order valence-corrected chi connectivity index (χ0v) is 10.7. The molecule has 0 bridgehead atoms. The molecule has 5 nitrogen and oxygen atoms in total. The average molecular weight is 256 g/mol. The smallest absolute Gasteiger partial charge is 0.326 e. The molecule has 17 heavy (non-hydrogen) atoms. The molecule has 0 aromatic carbocycles. The van der Waals surface area contributed by atoms with Gasteiger partial charge < -0.3 is 15.0 Å². The normalized spacial score (nSPS) is 12.1. The van der Waals surface area contributed by atoms with Crippen molar-refractivity contribution in [2.45, 2.75) is 12.5 Å². The van der Waals surface area contributed by atoms with Crippen LogP contribution in [0.15, 0.2) is 18.3 Å². The lowest BCUT2D eigenvalue weighted by molar-refractivity contribution is -0.139. The average Bonchev–Trinajstić information content (AvgIpc) is 2.70. The highest BCUT2D eigenvalue weighted by Crippen LogP contribution is 2.04. The standard InChI is InChI=1S/C11H16N2O3S/c1-13-6-3-4-9(13)10(14)12-8(11(15)16)5-7-17-2/h3-4,6,8H,5,7H2,1-2H3,(H,12,14)(H,15,16)/t8-/m0/s1. The molecule has 0 fully saturated rings. The maximum atomic E-state index is 11.8. The maximum absolute atomic E-state index is 11.8. The number of carbonyl (C=O) groups excluding carboxylic acids is 1. The number of amides is 1. The summed E-state index contributed by atoms with van der Waals surface area (Å²) in [7, 11) is 1.74. The van der Waals surface area contributed by atoms with Crippen LogP contribution in [0.4, 0.5) is 0 Å². The molecule has 0 saturated heterocycles. The van der Waals surface area contributed by atoms with E-state index in [2.05, 4.69) is 5.32 Å². The zero-order valence-electron chi connectivity index (χ0n) is 9.84. The lowest BCUT2D eigenvalue weighted by Gasteiger charge is -2.14. The molecule has 0 aliphatic heterocycles. The number of aryl methyl sites for hydroxylation is 1. The van der Waals surface area contributed by atoms with Gasteiger partial charge in [-0.15, -0.1) is 0 Å². The van der Waals surface area contributed by atoms with Gasteiger partial charge in [0.2, 0.25) is 0 Å². The largest absolute Gasteiger partial charge is 0.480 e. The van der Waals surface area contributed by atoms with E-state index in [1.807, 2.05) is 6.26 Å². The Balaban J connectivity index is 2.64. The van der Waals surface area contributed by atoms with Gasteiger partial charge in [0.15, 0.2) is 0 Å². The van der Waals surface area contributed by atoms with Gasteiger partial charge in [0.25, 0.3) is 5.91 Å². The van der Waals surface area contributed by atoms with Crippen molar-refractivity contribution in [3.63, 3.8) is 0 Å². The number of aliphatic carboxylic acids is 1. The number of carboxylic acids is 1. The van der Waals surface area contributed by atoms with Crippen LogP contribution in [0.2, 0.25) is 0 Å². The van der Waals surface area contributed by atoms with Gasteiger partial charge in [-0.2, -0.15) is 11.8 Å². The van der Waals surface area contributed by atoms with E-state index < -0.39 is 12.0 Å². The van der Waals surface area contributed by atoms with Gasteiger partial charge in [-0.3, -0.25) is 4.79 Å². The Morgan fingerprint density at radius 3 is 2.76 bits per heavy atom. The molecular weight excluding hydrogens is 240 g/mol. The Hall–Kier alpha value is -1.43. The van der Waals surface area contributed by atoms with Crippen molar-refractivity contribution in [3.05, 3.63) is 24.0 Å². The summed E-state index contributed by atoms with van der Waals surface area (Å²) in [6, 6.07) is 2.57. The SMILES string of the molecule is CSCC[C@H](NC(=O)c1cccn1C)C(=O)O. The third-order valence-corrected chi connectivity index (χ3v) is 3.03. The summed E-state index contributed by atoms with van der Waals surface area (Å²) in [5.74, 6) is -0.655. The van der Waals surface area contributed by atoms with Crippen molar-refractivity contribution in [1.82, 2.24) is 9.88 Å². The lowest BCUT2D eigenvalue weighted by atomic mass is 10.2. The minimum atomic E-state index is -0.999. The molecule has 0 unspecified atom stereocenters. The third-order valence-electron chi connectivity index (χ3n) is 2.39. The van der Waals surface area contributed by atoms with E-state index in [0.717, 1.165) is 0 Å². The van der Waals surface area contributed by atoms with E-state index in [1.54, 1.807) is 41.7 Å². The van der Waals surface area contributed by atoms with Crippen molar-refractivity contribution >= 4 is 23.6 Å². The van der Waals surface area contributed by atoms with Gasteiger partial charge in [0, 0.05) is 13.2 Å². The van der Waals surface area contributed by atoms with E-state index in [-0.39, 0.29) is 5.91 Å². The fourth-order valence-electron chi connectivity index (χ4n) is 1.42. The van der Waals surface area contributed by atoms with Crippen LogP contribution in [-0.4, -0.2) is 39.6 Å². The molecule has 0 radical (unpaired) electrons. The first kappa shape index (κ1) is 13.6. The van der Waals surface area contributed by atoms with Crippen LogP contribution in [-0.2, 0) is 11.8 Å². The highest BCUT2D eigenvalue weighted by Gasteiger charge is 2.20. The molecule has 1 amide bonds. The van der Waals surface area contributed by atoms with Gasteiger partial charge in [-0.25, -0.2) is 4.79 Å². The Morgan fingerprint density at radius 2 is 2.29 bits per heavy atom. The van der Waals surface area contributed by atoms with Gasteiger partial charge >= 0.3 is 5.97 Å². The van der Waals surface area contributed by atoms with Crippen LogP contribution in [0, 0.1) is 0 Å². The fourth-order valence-corrected chi connectivity index (χ4v) is 1.89. The number of nitrogens with one attached hydrogen (secondary N) is 1. The number of nitrogens with zero attached hydrogens (tertiary/aromatic N) is 1. The Bertz CT molecular complexity index is 403. The number of thioether (sulfide) groups is 1. The first-order valence-corrected chi connectivity index (χ1v) is 6.59. The topological polar surface area (TPSA) is 71.3 Å². The number of hydrogen-bond donors (Lipinski definition) is 2.